The van der Waals surface area contributed by atoms with Gasteiger partial charge in [0.2, 0.25) is 0 Å². The molecule has 0 atom stereocenters. The number of aromatic nitrogens is 2. The fourth-order valence-electron chi connectivity index (χ4n) is 0.780. The Morgan fingerprint density at radius 2 is 2.36 bits per heavy atom. The maximum Gasteiger partial charge on any atom is 0.150 e. The van der Waals surface area contributed by atoms with Crippen LogP contribution in [0.15, 0.2) is 6.20 Å². The van der Waals surface area contributed by atoms with Crippen molar-refractivity contribution in [1.29, 1.82) is 5.26 Å². The van der Waals surface area contributed by atoms with Crippen LogP contribution in [0.5, 0.6) is 0 Å². The Labute approximate surface area is 92.5 Å². The fourth-order valence-corrected chi connectivity index (χ4v) is 1.59. The Kier molecular flexibility index (Phi) is 4.18. The second-order valence-corrected chi connectivity index (χ2v) is 4.89. The lowest BCUT2D eigenvalue weighted by Crippen LogP contribution is -1.97. The molecule has 1 heterocycles. The molecule has 0 amide bonds. The van der Waals surface area contributed by atoms with Crippen molar-refractivity contribution in [2.75, 3.05) is 0 Å². The van der Waals surface area contributed by atoms with Gasteiger partial charge in [0.1, 0.15) is 17.5 Å². The number of nitriles is 1. The van der Waals surface area contributed by atoms with Crippen molar-refractivity contribution in [3.8, 4) is 6.07 Å². The molecule has 0 N–H and O–H groups in total. The summed E-state index contributed by atoms with van der Waals surface area (Å²) in [6, 6.07) is 1.92. The predicted molar refractivity (Wildman–Crippen MR) is 58.2 cm³/mol. The van der Waals surface area contributed by atoms with E-state index in [0.717, 1.165) is 5.75 Å². The van der Waals surface area contributed by atoms with Crippen LogP contribution in [0.1, 0.15) is 25.2 Å². The van der Waals surface area contributed by atoms with Gasteiger partial charge in [-0.15, -0.1) is 0 Å². The van der Waals surface area contributed by atoms with Gasteiger partial charge in [0.05, 0.1) is 5.75 Å². The van der Waals surface area contributed by atoms with Crippen molar-refractivity contribution in [3.63, 3.8) is 0 Å². The molecule has 0 aliphatic heterocycles. The summed E-state index contributed by atoms with van der Waals surface area (Å²) in [7, 11) is 0. The third-order valence-electron chi connectivity index (χ3n) is 1.46. The standard InChI is InChI=1S/C9H10ClN3S/c1-6(2)14-5-8-12-4-7(3-11)9(10)13-8/h4,6H,5H2,1-2H3. The molecular formula is C9H10ClN3S. The average Bonchev–Trinajstić information content (AvgIpc) is 2.15. The van der Waals surface area contributed by atoms with E-state index in [-0.39, 0.29) is 5.15 Å². The summed E-state index contributed by atoms with van der Waals surface area (Å²) in [5, 5.41) is 9.38. The summed E-state index contributed by atoms with van der Waals surface area (Å²) in [5.41, 5.74) is 0.324. The number of hydrogen-bond donors (Lipinski definition) is 0. The summed E-state index contributed by atoms with van der Waals surface area (Å²) < 4.78 is 0. The molecule has 0 bridgehead atoms. The van der Waals surface area contributed by atoms with Crippen molar-refractivity contribution in [2.24, 2.45) is 0 Å². The van der Waals surface area contributed by atoms with Gasteiger partial charge in [0, 0.05) is 6.20 Å². The molecule has 3 nitrogen and oxygen atoms in total. The van der Waals surface area contributed by atoms with Gasteiger partial charge in [-0.3, -0.25) is 0 Å². The molecule has 0 spiro atoms. The quantitative estimate of drug-likeness (QED) is 0.745. The maximum absolute atomic E-state index is 8.61. The summed E-state index contributed by atoms with van der Waals surface area (Å²) in [4.78, 5) is 8.07. The van der Waals surface area contributed by atoms with E-state index in [0.29, 0.717) is 16.6 Å². The van der Waals surface area contributed by atoms with Crippen LogP contribution in [0.2, 0.25) is 5.15 Å². The zero-order chi connectivity index (χ0) is 10.6. The first-order chi connectivity index (χ1) is 6.63. The Balaban J connectivity index is 2.73. The SMILES string of the molecule is CC(C)SCc1ncc(C#N)c(Cl)n1. The fraction of sp³-hybridized carbons (Fsp3) is 0.444. The van der Waals surface area contributed by atoms with Gasteiger partial charge in [-0.25, -0.2) is 9.97 Å². The average molecular weight is 228 g/mol. The van der Waals surface area contributed by atoms with Crippen LogP contribution in [-0.4, -0.2) is 15.2 Å². The second-order valence-electron chi connectivity index (χ2n) is 2.96. The molecule has 1 aromatic rings. The smallest absolute Gasteiger partial charge is 0.150 e. The largest absolute Gasteiger partial charge is 0.239 e. The number of nitrogens with zero attached hydrogens (tertiary/aromatic N) is 3. The second kappa shape index (κ2) is 5.18. The third-order valence-corrected chi connectivity index (χ3v) is 2.84. The van der Waals surface area contributed by atoms with E-state index < -0.39 is 0 Å². The van der Waals surface area contributed by atoms with Crippen molar-refractivity contribution in [1.82, 2.24) is 9.97 Å². The number of thioether (sulfide) groups is 1. The highest BCUT2D eigenvalue weighted by Gasteiger charge is 2.05. The van der Waals surface area contributed by atoms with Gasteiger partial charge in [-0.05, 0) is 5.25 Å². The Morgan fingerprint density at radius 3 is 2.86 bits per heavy atom. The van der Waals surface area contributed by atoms with Gasteiger partial charge in [0.15, 0.2) is 5.15 Å². The van der Waals surface area contributed by atoms with Gasteiger partial charge in [0.25, 0.3) is 0 Å². The Hall–Kier alpha value is -0.790. The molecule has 0 saturated heterocycles. The topological polar surface area (TPSA) is 49.6 Å². The Morgan fingerprint density at radius 1 is 1.64 bits per heavy atom. The molecule has 0 saturated carbocycles. The predicted octanol–water partition coefficient (Wildman–Crippen LogP) is 2.64. The van der Waals surface area contributed by atoms with Crippen LogP contribution in [0.4, 0.5) is 0 Å². The first-order valence-electron chi connectivity index (χ1n) is 4.16. The lowest BCUT2D eigenvalue weighted by Gasteiger charge is -2.03. The molecule has 74 valence electrons. The van der Waals surface area contributed by atoms with Gasteiger partial charge in [-0.2, -0.15) is 17.0 Å². The van der Waals surface area contributed by atoms with Gasteiger partial charge < -0.3 is 0 Å². The summed E-state index contributed by atoms with van der Waals surface area (Å²) in [6.07, 6.45) is 1.46. The summed E-state index contributed by atoms with van der Waals surface area (Å²) >= 11 is 7.50. The molecule has 1 rings (SSSR count). The van der Waals surface area contributed by atoms with Crippen molar-refractivity contribution < 1.29 is 0 Å². The highest BCUT2D eigenvalue weighted by atomic mass is 35.5. The van der Waals surface area contributed by atoms with Crippen LogP contribution in [0, 0.1) is 11.3 Å². The molecule has 0 unspecified atom stereocenters. The molecule has 0 aliphatic carbocycles. The first-order valence-corrected chi connectivity index (χ1v) is 5.59. The van der Waals surface area contributed by atoms with Crippen molar-refractivity contribution >= 4 is 23.4 Å². The molecule has 1 aromatic heterocycles. The summed E-state index contributed by atoms with van der Waals surface area (Å²) in [6.45, 7) is 4.21. The minimum atomic E-state index is 0.238. The highest BCUT2D eigenvalue weighted by molar-refractivity contribution is 7.99. The Bertz CT molecular complexity index is 360. The number of rotatable bonds is 3. The molecule has 0 aliphatic rings. The van der Waals surface area contributed by atoms with Gasteiger partial charge >= 0.3 is 0 Å². The normalized spacial score (nSPS) is 10.2. The lowest BCUT2D eigenvalue weighted by atomic mass is 10.4. The third kappa shape index (κ3) is 3.17. The molecule has 0 aromatic carbocycles. The van der Waals surface area contributed by atoms with E-state index in [1.165, 1.54) is 6.20 Å². The minimum Gasteiger partial charge on any atom is -0.239 e. The van der Waals surface area contributed by atoms with Crippen LogP contribution in [-0.2, 0) is 5.75 Å². The molecule has 0 radical (unpaired) electrons. The minimum absolute atomic E-state index is 0.238. The number of hydrogen-bond acceptors (Lipinski definition) is 4. The van der Waals surface area contributed by atoms with E-state index in [9.17, 15) is 0 Å². The summed E-state index contributed by atoms with van der Waals surface area (Å²) in [5.74, 6) is 1.40. The van der Waals surface area contributed by atoms with E-state index in [2.05, 4.69) is 23.8 Å². The van der Waals surface area contributed by atoms with Gasteiger partial charge in [-0.1, -0.05) is 25.4 Å². The molecule has 0 fully saturated rings. The molecular weight excluding hydrogens is 218 g/mol. The van der Waals surface area contributed by atoms with E-state index in [4.69, 9.17) is 16.9 Å². The molecule has 14 heavy (non-hydrogen) atoms. The van der Waals surface area contributed by atoms with E-state index >= 15 is 0 Å². The molecule has 5 heteroatoms. The van der Waals surface area contributed by atoms with Crippen molar-refractivity contribution in [3.05, 3.63) is 22.7 Å². The monoisotopic (exact) mass is 227 g/mol. The van der Waals surface area contributed by atoms with Crippen LogP contribution < -0.4 is 0 Å². The number of halogens is 1. The van der Waals surface area contributed by atoms with E-state index in [1.807, 2.05) is 6.07 Å². The highest BCUT2D eigenvalue weighted by Crippen LogP contribution is 2.17. The zero-order valence-corrected chi connectivity index (χ0v) is 9.56. The zero-order valence-electron chi connectivity index (χ0n) is 7.99. The van der Waals surface area contributed by atoms with Crippen LogP contribution in [0.25, 0.3) is 0 Å². The first kappa shape index (κ1) is 11.3. The maximum atomic E-state index is 8.61. The van der Waals surface area contributed by atoms with Crippen LogP contribution >= 0.6 is 23.4 Å². The van der Waals surface area contributed by atoms with Crippen LogP contribution in [0.3, 0.4) is 0 Å². The van der Waals surface area contributed by atoms with Crippen molar-refractivity contribution in [2.45, 2.75) is 24.9 Å². The van der Waals surface area contributed by atoms with E-state index in [1.54, 1.807) is 11.8 Å². The lowest BCUT2D eigenvalue weighted by molar-refractivity contribution is 1.01.